The van der Waals surface area contributed by atoms with Gasteiger partial charge < -0.3 is 0 Å². The molecule has 0 radical (unpaired) electrons. The Morgan fingerprint density at radius 1 is 0.706 bits per heavy atom. The van der Waals surface area contributed by atoms with E-state index in [4.69, 9.17) is 0 Å². The molecule has 0 aliphatic heterocycles. The fourth-order valence-electron chi connectivity index (χ4n) is 2.63. The summed E-state index contributed by atoms with van der Waals surface area (Å²) in [5.74, 6) is 0. The van der Waals surface area contributed by atoms with Crippen LogP contribution in [0.1, 0.15) is 11.1 Å². The summed E-state index contributed by atoms with van der Waals surface area (Å²) < 4.78 is 1.34. The Morgan fingerprint density at radius 2 is 1.29 bits per heavy atom. The van der Waals surface area contributed by atoms with Crippen LogP contribution in [0.4, 0.5) is 0 Å². The van der Waals surface area contributed by atoms with Crippen LogP contribution in [0, 0.1) is 17.4 Å². The summed E-state index contributed by atoms with van der Waals surface area (Å²) in [5.41, 5.74) is 2.78. The van der Waals surface area contributed by atoms with Crippen LogP contribution in [0.25, 0.3) is 21.5 Å². The maximum Gasteiger partial charge on any atom is 0.0211 e. The molecule has 84 valence electrons. The van der Waals surface area contributed by atoms with Gasteiger partial charge >= 0.3 is 0 Å². The molecule has 0 heterocycles. The summed E-state index contributed by atoms with van der Waals surface area (Å²) in [6.07, 6.45) is 0. The second-order valence-corrected chi connectivity index (χ2v) is 5.62. The molecule has 3 aromatic rings. The van der Waals surface area contributed by atoms with Crippen molar-refractivity contribution in [1.82, 2.24) is 0 Å². The minimum Gasteiger partial charge on any atom is -0.0616 e. The van der Waals surface area contributed by atoms with E-state index in [9.17, 15) is 0 Å². The van der Waals surface area contributed by atoms with E-state index in [2.05, 4.69) is 78.9 Å². The van der Waals surface area contributed by atoms with E-state index in [1.165, 1.54) is 36.2 Å². The summed E-state index contributed by atoms with van der Waals surface area (Å²) in [6.45, 7) is 4.45. The lowest BCUT2D eigenvalue weighted by Gasteiger charge is -2.13. The topological polar surface area (TPSA) is 0 Å². The van der Waals surface area contributed by atoms with Crippen molar-refractivity contribution in [3.8, 4) is 0 Å². The summed E-state index contributed by atoms with van der Waals surface area (Å²) in [4.78, 5) is 0. The molecule has 0 saturated carbocycles. The molecule has 0 atom stereocenters. The predicted octanol–water partition coefficient (Wildman–Crippen LogP) is 5.21. The van der Waals surface area contributed by atoms with Crippen LogP contribution in [0.5, 0.6) is 0 Å². The molecule has 0 spiro atoms. The molecule has 1 heteroatoms. The van der Waals surface area contributed by atoms with Gasteiger partial charge in [-0.3, -0.25) is 0 Å². The standard InChI is InChI=1S/C16H13I/c1-10-12-6-3-4-7-13(12)11(2)16-14(10)8-5-9-15(16)17/h3-9H,1-2H3. The number of aryl methyl sites for hydroxylation is 2. The zero-order chi connectivity index (χ0) is 12.0. The van der Waals surface area contributed by atoms with E-state index in [0.29, 0.717) is 0 Å². The number of rotatable bonds is 0. The smallest absolute Gasteiger partial charge is 0.0211 e. The van der Waals surface area contributed by atoms with Crippen molar-refractivity contribution in [2.24, 2.45) is 0 Å². The SMILES string of the molecule is Cc1c2ccccc2c(C)c2c(I)cccc12. The lowest BCUT2D eigenvalue weighted by Crippen LogP contribution is -1.89. The average molecular weight is 332 g/mol. The monoisotopic (exact) mass is 332 g/mol. The maximum absolute atomic E-state index is 2.43. The number of hydrogen-bond donors (Lipinski definition) is 0. The highest BCUT2D eigenvalue weighted by Gasteiger charge is 2.09. The number of halogens is 1. The van der Waals surface area contributed by atoms with Gasteiger partial charge in [-0.1, -0.05) is 36.4 Å². The summed E-state index contributed by atoms with van der Waals surface area (Å²) in [7, 11) is 0. The second-order valence-electron chi connectivity index (χ2n) is 4.46. The molecule has 17 heavy (non-hydrogen) atoms. The van der Waals surface area contributed by atoms with Gasteiger partial charge in [0.1, 0.15) is 0 Å². The van der Waals surface area contributed by atoms with E-state index < -0.39 is 0 Å². The van der Waals surface area contributed by atoms with Gasteiger partial charge in [0.15, 0.2) is 0 Å². The van der Waals surface area contributed by atoms with Crippen molar-refractivity contribution in [3.05, 3.63) is 57.2 Å². The second kappa shape index (κ2) is 3.98. The first-order chi connectivity index (χ1) is 8.20. The van der Waals surface area contributed by atoms with E-state index in [-0.39, 0.29) is 0 Å². The Morgan fingerprint density at radius 3 is 2.00 bits per heavy atom. The Bertz CT molecular complexity index is 726. The van der Waals surface area contributed by atoms with Gasteiger partial charge in [-0.05, 0) is 75.2 Å². The van der Waals surface area contributed by atoms with E-state index in [1.807, 2.05) is 0 Å². The minimum atomic E-state index is 1.34. The third-order valence-electron chi connectivity index (χ3n) is 3.53. The molecule has 0 nitrogen and oxygen atoms in total. The summed E-state index contributed by atoms with van der Waals surface area (Å²) in [6, 6.07) is 15.2. The molecule has 0 aliphatic carbocycles. The van der Waals surface area contributed by atoms with E-state index >= 15 is 0 Å². The van der Waals surface area contributed by atoms with Gasteiger partial charge in [-0.25, -0.2) is 0 Å². The first-order valence-electron chi connectivity index (χ1n) is 5.76. The molecule has 3 aromatic carbocycles. The average Bonchev–Trinajstić information content (AvgIpc) is 2.36. The number of benzene rings is 3. The van der Waals surface area contributed by atoms with Crippen molar-refractivity contribution in [1.29, 1.82) is 0 Å². The van der Waals surface area contributed by atoms with Gasteiger partial charge in [0.05, 0.1) is 0 Å². The molecule has 0 N–H and O–H groups in total. The highest BCUT2D eigenvalue weighted by molar-refractivity contribution is 14.1. The highest BCUT2D eigenvalue weighted by atomic mass is 127. The predicted molar refractivity (Wildman–Crippen MR) is 83.6 cm³/mol. The quantitative estimate of drug-likeness (QED) is 0.391. The highest BCUT2D eigenvalue weighted by Crippen LogP contribution is 2.34. The fourth-order valence-corrected chi connectivity index (χ4v) is 3.54. The molecule has 0 aliphatic rings. The van der Waals surface area contributed by atoms with Crippen LogP contribution in [-0.4, -0.2) is 0 Å². The van der Waals surface area contributed by atoms with Gasteiger partial charge in [0.2, 0.25) is 0 Å². The van der Waals surface area contributed by atoms with Crippen LogP contribution < -0.4 is 0 Å². The lowest BCUT2D eigenvalue weighted by molar-refractivity contribution is 1.51. The van der Waals surface area contributed by atoms with Crippen molar-refractivity contribution in [2.75, 3.05) is 0 Å². The van der Waals surface area contributed by atoms with Gasteiger partial charge in [-0.2, -0.15) is 0 Å². The summed E-state index contributed by atoms with van der Waals surface area (Å²) >= 11 is 2.43. The third-order valence-corrected chi connectivity index (χ3v) is 4.43. The first-order valence-corrected chi connectivity index (χ1v) is 6.84. The first kappa shape index (κ1) is 11.0. The molecule has 0 saturated heterocycles. The van der Waals surface area contributed by atoms with Gasteiger partial charge in [0.25, 0.3) is 0 Å². The Labute approximate surface area is 115 Å². The fraction of sp³-hybridized carbons (Fsp3) is 0.125. The van der Waals surface area contributed by atoms with Gasteiger partial charge in [0, 0.05) is 3.57 Å². The zero-order valence-corrected chi connectivity index (χ0v) is 12.1. The summed E-state index contributed by atoms with van der Waals surface area (Å²) in [5, 5.41) is 5.54. The van der Waals surface area contributed by atoms with Crippen LogP contribution in [0.3, 0.4) is 0 Å². The molecule has 0 aromatic heterocycles. The van der Waals surface area contributed by atoms with Crippen molar-refractivity contribution in [2.45, 2.75) is 13.8 Å². The Kier molecular flexibility index (Phi) is 2.58. The Hall–Kier alpha value is -1.09. The van der Waals surface area contributed by atoms with E-state index in [0.717, 1.165) is 0 Å². The van der Waals surface area contributed by atoms with Crippen molar-refractivity contribution < 1.29 is 0 Å². The molecule has 0 bridgehead atoms. The van der Waals surface area contributed by atoms with E-state index in [1.54, 1.807) is 0 Å². The molecular weight excluding hydrogens is 319 g/mol. The maximum atomic E-state index is 2.43. The number of hydrogen-bond acceptors (Lipinski definition) is 0. The van der Waals surface area contributed by atoms with Gasteiger partial charge in [-0.15, -0.1) is 0 Å². The van der Waals surface area contributed by atoms with Crippen LogP contribution in [-0.2, 0) is 0 Å². The molecule has 0 unspecified atom stereocenters. The van der Waals surface area contributed by atoms with Crippen molar-refractivity contribution in [3.63, 3.8) is 0 Å². The molecular formula is C16H13I. The normalized spacial score (nSPS) is 11.2. The largest absolute Gasteiger partial charge is 0.0616 e. The number of fused-ring (bicyclic) bond motifs is 2. The molecule has 3 rings (SSSR count). The van der Waals surface area contributed by atoms with Crippen LogP contribution in [0.15, 0.2) is 42.5 Å². The van der Waals surface area contributed by atoms with Crippen LogP contribution in [0.2, 0.25) is 0 Å². The third kappa shape index (κ3) is 1.56. The minimum absolute atomic E-state index is 1.34. The van der Waals surface area contributed by atoms with Crippen molar-refractivity contribution >= 4 is 44.1 Å². The molecule has 0 fully saturated rings. The lowest BCUT2D eigenvalue weighted by atomic mass is 9.93. The zero-order valence-electron chi connectivity index (χ0n) is 9.92. The molecule has 0 amide bonds. The Balaban J connectivity index is 2.69. The van der Waals surface area contributed by atoms with Crippen LogP contribution >= 0.6 is 22.6 Å².